The highest BCUT2D eigenvalue weighted by molar-refractivity contribution is 5.76. The van der Waals surface area contributed by atoms with Crippen LogP contribution in [0.25, 0.3) is 12.2 Å². The van der Waals surface area contributed by atoms with Gasteiger partial charge in [0.2, 0.25) is 5.79 Å². The lowest BCUT2D eigenvalue weighted by Gasteiger charge is -2.30. The summed E-state index contributed by atoms with van der Waals surface area (Å²) in [7, 11) is 0. The first-order valence-electron chi connectivity index (χ1n) is 8.61. The summed E-state index contributed by atoms with van der Waals surface area (Å²) in [4.78, 5) is 0. The van der Waals surface area contributed by atoms with Gasteiger partial charge in [0, 0.05) is 23.7 Å². The highest BCUT2D eigenvalue weighted by atomic mass is 16.7. The first-order chi connectivity index (χ1) is 11.7. The molecule has 4 rings (SSSR count). The minimum atomic E-state index is -0.819. The fraction of sp³-hybridized carbons (Fsp3) is 0.333. The van der Waals surface area contributed by atoms with Gasteiger partial charge in [0.1, 0.15) is 0 Å². The molecule has 0 bridgehead atoms. The van der Waals surface area contributed by atoms with E-state index in [0.29, 0.717) is 12.6 Å². The lowest BCUT2D eigenvalue weighted by atomic mass is 9.93. The average Bonchev–Trinajstić information content (AvgIpc) is 2.98. The van der Waals surface area contributed by atoms with Crippen LogP contribution in [0.2, 0.25) is 0 Å². The second-order valence-electron chi connectivity index (χ2n) is 6.74. The van der Waals surface area contributed by atoms with Crippen molar-refractivity contribution in [3.8, 4) is 0 Å². The molecule has 1 N–H and O–H groups in total. The van der Waals surface area contributed by atoms with Crippen LogP contribution in [-0.2, 0) is 15.3 Å². The van der Waals surface area contributed by atoms with Crippen molar-refractivity contribution in [2.75, 3.05) is 13.2 Å². The van der Waals surface area contributed by atoms with Crippen LogP contribution < -0.4 is 5.32 Å². The van der Waals surface area contributed by atoms with Crippen molar-refractivity contribution >= 4 is 12.2 Å². The molecular weight excluding hydrogens is 298 g/mol. The van der Waals surface area contributed by atoms with Crippen molar-refractivity contribution in [3.05, 3.63) is 70.8 Å². The molecule has 0 aromatic heterocycles. The van der Waals surface area contributed by atoms with Gasteiger partial charge in [0.05, 0.1) is 12.7 Å². The number of nitrogens with one attached hydrogen (secondary N) is 1. The molecule has 0 amide bonds. The molecule has 1 unspecified atom stereocenters. The van der Waals surface area contributed by atoms with Crippen molar-refractivity contribution in [2.24, 2.45) is 0 Å². The quantitative estimate of drug-likeness (QED) is 0.933. The Hall–Kier alpha value is -1.94. The monoisotopic (exact) mass is 321 g/mol. The smallest absolute Gasteiger partial charge is 0.224 e. The van der Waals surface area contributed by atoms with E-state index in [1.807, 2.05) is 0 Å². The molecule has 0 radical (unpaired) electrons. The van der Waals surface area contributed by atoms with E-state index in [1.165, 1.54) is 0 Å². The van der Waals surface area contributed by atoms with Crippen molar-refractivity contribution in [1.82, 2.24) is 5.32 Å². The van der Waals surface area contributed by atoms with E-state index in [1.54, 1.807) is 0 Å². The molecule has 0 saturated carbocycles. The van der Waals surface area contributed by atoms with Gasteiger partial charge in [-0.25, -0.2) is 0 Å². The molecule has 1 aliphatic heterocycles. The van der Waals surface area contributed by atoms with E-state index >= 15 is 0 Å². The fourth-order valence-corrected chi connectivity index (χ4v) is 3.47. The summed E-state index contributed by atoms with van der Waals surface area (Å²) in [6, 6.07) is 17.1. The molecule has 2 aliphatic rings. The van der Waals surface area contributed by atoms with Gasteiger partial charge < -0.3 is 14.8 Å². The molecule has 2 aromatic carbocycles. The standard InChI is InChI=1S/C21H23NO2/c1-15(2)22-13-18-14-23-21(24-18)19-9-5-3-7-16(19)11-12-17-8-4-6-10-20(17)21/h3-12,15,18,22H,13-14H2,1-2H3. The first kappa shape index (κ1) is 15.6. The van der Waals surface area contributed by atoms with Crippen LogP contribution in [0, 0.1) is 0 Å². The van der Waals surface area contributed by atoms with Gasteiger partial charge in [-0.2, -0.15) is 0 Å². The summed E-state index contributed by atoms with van der Waals surface area (Å²) in [5.74, 6) is -0.819. The van der Waals surface area contributed by atoms with Crippen LogP contribution in [0.5, 0.6) is 0 Å². The Morgan fingerprint density at radius 2 is 1.58 bits per heavy atom. The van der Waals surface area contributed by atoms with Gasteiger partial charge in [0.15, 0.2) is 0 Å². The maximum absolute atomic E-state index is 6.55. The highest BCUT2D eigenvalue weighted by Gasteiger charge is 2.47. The number of hydrogen-bond acceptors (Lipinski definition) is 3. The number of fused-ring (bicyclic) bond motifs is 4. The van der Waals surface area contributed by atoms with Crippen LogP contribution in [0.3, 0.4) is 0 Å². The van der Waals surface area contributed by atoms with Gasteiger partial charge in [0.25, 0.3) is 0 Å². The normalized spacial score (nSPS) is 20.9. The Balaban J connectivity index is 1.78. The molecule has 24 heavy (non-hydrogen) atoms. The second-order valence-corrected chi connectivity index (χ2v) is 6.74. The largest absolute Gasteiger partial charge is 0.339 e. The Kier molecular flexibility index (Phi) is 4.01. The summed E-state index contributed by atoms with van der Waals surface area (Å²) in [5, 5.41) is 3.45. The third kappa shape index (κ3) is 2.59. The van der Waals surface area contributed by atoms with Crippen LogP contribution in [0.4, 0.5) is 0 Å². The lowest BCUT2D eigenvalue weighted by Crippen LogP contribution is -2.36. The average molecular weight is 321 g/mol. The Bertz CT molecular complexity index is 716. The van der Waals surface area contributed by atoms with E-state index in [0.717, 1.165) is 28.8 Å². The fourth-order valence-electron chi connectivity index (χ4n) is 3.47. The summed E-state index contributed by atoms with van der Waals surface area (Å²) >= 11 is 0. The van der Waals surface area contributed by atoms with Gasteiger partial charge in [-0.3, -0.25) is 0 Å². The maximum atomic E-state index is 6.55. The van der Waals surface area contributed by atoms with Crippen LogP contribution >= 0.6 is 0 Å². The maximum Gasteiger partial charge on any atom is 0.224 e. The van der Waals surface area contributed by atoms with Crippen molar-refractivity contribution in [1.29, 1.82) is 0 Å². The zero-order valence-corrected chi connectivity index (χ0v) is 14.2. The predicted molar refractivity (Wildman–Crippen MR) is 96.6 cm³/mol. The third-order valence-corrected chi connectivity index (χ3v) is 4.63. The van der Waals surface area contributed by atoms with Crippen LogP contribution in [0.1, 0.15) is 36.1 Å². The minimum absolute atomic E-state index is 0.0339. The van der Waals surface area contributed by atoms with E-state index < -0.39 is 5.79 Å². The Morgan fingerprint density at radius 3 is 2.17 bits per heavy atom. The van der Waals surface area contributed by atoms with E-state index in [2.05, 4.69) is 79.8 Å². The minimum Gasteiger partial charge on any atom is -0.339 e. The van der Waals surface area contributed by atoms with E-state index in [4.69, 9.17) is 9.47 Å². The Labute approximate surface area is 143 Å². The zero-order valence-electron chi connectivity index (χ0n) is 14.2. The molecular formula is C21H23NO2. The van der Waals surface area contributed by atoms with E-state index in [9.17, 15) is 0 Å². The van der Waals surface area contributed by atoms with Gasteiger partial charge in [-0.05, 0) is 11.1 Å². The molecule has 1 fully saturated rings. The number of ether oxygens (including phenoxy) is 2. The van der Waals surface area contributed by atoms with E-state index in [-0.39, 0.29) is 6.10 Å². The van der Waals surface area contributed by atoms with Crippen molar-refractivity contribution in [3.63, 3.8) is 0 Å². The molecule has 1 saturated heterocycles. The Morgan fingerprint density at radius 1 is 1.00 bits per heavy atom. The summed E-state index contributed by atoms with van der Waals surface area (Å²) in [6.45, 7) is 5.66. The molecule has 1 aliphatic carbocycles. The molecule has 1 atom stereocenters. The van der Waals surface area contributed by atoms with Crippen LogP contribution in [-0.4, -0.2) is 25.3 Å². The molecule has 1 spiro atoms. The molecule has 2 aromatic rings. The SMILES string of the molecule is CC(C)NCC1COC2(O1)c1ccccc1C=Cc1ccccc12. The lowest BCUT2D eigenvalue weighted by molar-refractivity contribution is -0.142. The zero-order chi connectivity index (χ0) is 16.6. The molecule has 1 heterocycles. The number of benzene rings is 2. The number of rotatable bonds is 3. The van der Waals surface area contributed by atoms with Crippen molar-refractivity contribution < 1.29 is 9.47 Å². The predicted octanol–water partition coefficient (Wildman–Crippen LogP) is 3.78. The summed E-state index contributed by atoms with van der Waals surface area (Å²) in [5.41, 5.74) is 4.45. The third-order valence-electron chi connectivity index (χ3n) is 4.63. The van der Waals surface area contributed by atoms with Crippen LogP contribution in [0.15, 0.2) is 48.5 Å². The highest BCUT2D eigenvalue weighted by Crippen LogP contribution is 2.45. The van der Waals surface area contributed by atoms with Crippen molar-refractivity contribution in [2.45, 2.75) is 31.8 Å². The van der Waals surface area contributed by atoms with Gasteiger partial charge in [-0.15, -0.1) is 0 Å². The van der Waals surface area contributed by atoms with Gasteiger partial charge in [-0.1, -0.05) is 74.5 Å². The molecule has 3 nitrogen and oxygen atoms in total. The summed E-state index contributed by atoms with van der Waals surface area (Å²) in [6.07, 6.45) is 4.33. The van der Waals surface area contributed by atoms with Gasteiger partial charge >= 0.3 is 0 Å². The summed E-state index contributed by atoms with van der Waals surface area (Å²) < 4.78 is 12.9. The molecule has 3 heteroatoms. The molecule has 124 valence electrons. The second kappa shape index (κ2) is 6.17. The number of hydrogen-bond donors (Lipinski definition) is 1. The first-order valence-corrected chi connectivity index (χ1v) is 8.61. The topological polar surface area (TPSA) is 30.5 Å².